The normalized spacial score (nSPS) is 11.0. The summed E-state index contributed by atoms with van der Waals surface area (Å²) in [5.41, 5.74) is 1.01. The van der Waals surface area contributed by atoms with Gasteiger partial charge in [-0.15, -0.1) is 0 Å². The molecule has 5 nitrogen and oxygen atoms in total. The lowest BCUT2D eigenvalue weighted by Crippen LogP contribution is -2.04. The summed E-state index contributed by atoms with van der Waals surface area (Å²) in [7, 11) is -4.59. The molecule has 0 aliphatic carbocycles. The number of hydrogen-bond donors (Lipinski definition) is 2. The average Bonchev–Trinajstić information content (AvgIpc) is 2.47. The molecular formula is C16H16N2O3S. The van der Waals surface area contributed by atoms with Crippen molar-refractivity contribution < 1.29 is 13.0 Å². The van der Waals surface area contributed by atoms with Crippen LogP contribution < -0.4 is 11.5 Å². The summed E-state index contributed by atoms with van der Waals surface area (Å²) in [6, 6.07) is 19.4. The molecular weight excluding hydrogens is 300 g/mol. The second kappa shape index (κ2) is 6.15. The number of hydrogen-bond acceptors (Lipinski definition) is 4. The van der Waals surface area contributed by atoms with E-state index in [1.54, 1.807) is 48.5 Å². The summed E-state index contributed by atoms with van der Waals surface area (Å²) in [6.07, 6.45) is 0. The first-order valence-electron chi connectivity index (χ1n) is 6.35. The third kappa shape index (κ3) is 3.09. The van der Waals surface area contributed by atoms with Crippen LogP contribution in [0.4, 0.5) is 11.4 Å². The fraction of sp³-hybridized carbons (Fsp3) is 0. The summed E-state index contributed by atoms with van der Waals surface area (Å²) in [5, 5.41) is 4.13. The van der Waals surface area contributed by atoms with Crippen molar-refractivity contribution in [1.29, 1.82) is 0 Å². The van der Waals surface area contributed by atoms with Gasteiger partial charge in [0.15, 0.2) is 0 Å². The van der Waals surface area contributed by atoms with Crippen LogP contribution >= 0.6 is 0 Å². The molecule has 0 saturated heterocycles. The molecule has 0 aliphatic heterocycles. The number of fused-ring (bicyclic) bond motifs is 1. The zero-order chi connectivity index (χ0) is 14.9. The maximum absolute atomic E-state index is 11.7. The lowest BCUT2D eigenvalue weighted by Gasteiger charge is -2.17. The smallest absolute Gasteiger partial charge is 0.127 e. The van der Waals surface area contributed by atoms with Crippen LogP contribution in [0.5, 0.6) is 0 Å². The van der Waals surface area contributed by atoms with Gasteiger partial charge in [0.1, 0.15) is 10.1 Å². The molecule has 5 N–H and O–H groups in total. The van der Waals surface area contributed by atoms with E-state index < -0.39 is 10.1 Å². The highest BCUT2D eigenvalue weighted by Gasteiger charge is 2.13. The summed E-state index contributed by atoms with van der Waals surface area (Å²) < 4.78 is 35.0. The minimum atomic E-state index is -4.59. The minimum absolute atomic E-state index is 0. The second-order valence-corrected chi connectivity index (χ2v) is 5.93. The first-order valence-corrected chi connectivity index (χ1v) is 7.76. The SMILES string of the molecule is O=S(=O)([O-])c1c(Nc2ccccc2)ccc2ccccc12.[NH4+]. The fourth-order valence-electron chi connectivity index (χ4n) is 2.29. The zero-order valence-electron chi connectivity index (χ0n) is 12.0. The van der Waals surface area contributed by atoms with Gasteiger partial charge in [-0.2, -0.15) is 0 Å². The Balaban J connectivity index is 0.00000176. The maximum atomic E-state index is 11.7. The van der Waals surface area contributed by atoms with Gasteiger partial charge in [0, 0.05) is 11.1 Å². The van der Waals surface area contributed by atoms with Gasteiger partial charge in [-0.25, -0.2) is 8.42 Å². The molecule has 114 valence electrons. The Morgan fingerprint density at radius 2 is 1.45 bits per heavy atom. The van der Waals surface area contributed by atoms with E-state index in [2.05, 4.69) is 5.32 Å². The van der Waals surface area contributed by atoms with Crippen LogP contribution in [0, 0.1) is 0 Å². The topological polar surface area (TPSA) is 106 Å². The van der Waals surface area contributed by atoms with Gasteiger partial charge in [-0.3, -0.25) is 0 Å². The van der Waals surface area contributed by atoms with Crippen LogP contribution in [-0.4, -0.2) is 13.0 Å². The first kappa shape index (κ1) is 16.0. The molecule has 0 saturated carbocycles. The highest BCUT2D eigenvalue weighted by molar-refractivity contribution is 7.86. The molecule has 0 bridgehead atoms. The number of para-hydroxylation sites is 1. The Morgan fingerprint density at radius 3 is 2.14 bits per heavy atom. The number of quaternary nitrogens is 1. The van der Waals surface area contributed by atoms with Gasteiger partial charge in [-0.1, -0.05) is 48.5 Å². The van der Waals surface area contributed by atoms with E-state index in [-0.39, 0.29) is 16.7 Å². The van der Waals surface area contributed by atoms with Crippen LogP contribution in [0.25, 0.3) is 10.8 Å². The van der Waals surface area contributed by atoms with Crippen molar-refractivity contribution in [3.05, 3.63) is 66.7 Å². The second-order valence-electron chi connectivity index (χ2n) is 4.61. The predicted octanol–water partition coefficient (Wildman–Crippen LogP) is 3.86. The van der Waals surface area contributed by atoms with Crippen LogP contribution in [0.2, 0.25) is 0 Å². The largest absolute Gasteiger partial charge is 0.744 e. The third-order valence-electron chi connectivity index (χ3n) is 3.18. The lowest BCUT2D eigenvalue weighted by molar-refractivity contribution is 0.464. The monoisotopic (exact) mass is 316 g/mol. The van der Waals surface area contributed by atoms with E-state index in [1.807, 2.05) is 18.2 Å². The molecule has 0 spiro atoms. The lowest BCUT2D eigenvalue weighted by atomic mass is 10.1. The van der Waals surface area contributed by atoms with E-state index in [1.165, 1.54) is 0 Å². The number of nitrogens with one attached hydrogen (secondary N) is 1. The standard InChI is InChI=1S/C16H13NO3S.H3N/c18-21(19,20)16-14-9-5-4-6-12(14)10-11-15(16)17-13-7-2-1-3-8-13;/h1-11,17H,(H,18,19,20);1H3. The summed E-state index contributed by atoms with van der Waals surface area (Å²) in [6.45, 7) is 0. The van der Waals surface area contributed by atoms with Gasteiger partial charge in [0.25, 0.3) is 0 Å². The van der Waals surface area contributed by atoms with E-state index in [4.69, 9.17) is 0 Å². The number of anilines is 2. The Labute approximate surface area is 128 Å². The fourth-order valence-corrected chi connectivity index (χ4v) is 3.13. The van der Waals surface area contributed by atoms with E-state index in [0.717, 1.165) is 5.69 Å². The first-order chi connectivity index (χ1) is 10.1. The maximum Gasteiger partial charge on any atom is 0.127 e. The van der Waals surface area contributed by atoms with Crippen molar-refractivity contribution >= 4 is 32.3 Å². The molecule has 0 amide bonds. The number of benzene rings is 3. The molecule has 3 aromatic carbocycles. The average molecular weight is 316 g/mol. The predicted molar refractivity (Wildman–Crippen MR) is 87.6 cm³/mol. The Hall–Kier alpha value is -2.41. The molecule has 6 heteroatoms. The van der Waals surface area contributed by atoms with Gasteiger partial charge < -0.3 is 16.0 Å². The highest BCUT2D eigenvalue weighted by Crippen LogP contribution is 2.32. The van der Waals surface area contributed by atoms with Crippen molar-refractivity contribution in [3.8, 4) is 0 Å². The zero-order valence-corrected chi connectivity index (χ0v) is 12.8. The van der Waals surface area contributed by atoms with Crippen LogP contribution in [0.15, 0.2) is 71.6 Å². The van der Waals surface area contributed by atoms with Gasteiger partial charge in [-0.05, 0) is 23.6 Å². The summed E-state index contributed by atoms with van der Waals surface area (Å²) >= 11 is 0. The third-order valence-corrected chi connectivity index (χ3v) is 4.12. The van der Waals surface area contributed by atoms with Crippen LogP contribution in [-0.2, 0) is 10.1 Å². The van der Waals surface area contributed by atoms with Crippen molar-refractivity contribution in [2.45, 2.75) is 4.90 Å². The molecule has 3 aromatic rings. The highest BCUT2D eigenvalue weighted by atomic mass is 32.2. The van der Waals surface area contributed by atoms with Gasteiger partial charge in [0.2, 0.25) is 0 Å². The molecule has 3 rings (SSSR count). The Bertz CT molecular complexity index is 894. The summed E-state index contributed by atoms with van der Waals surface area (Å²) in [4.78, 5) is -0.218. The molecule has 0 aromatic heterocycles. The van der Waals surface area contributed by atoms with Crippen LogP contribution in [0.3, 0.4) is 0 Å². The van der Waals surface area contributed by atoms with Crippen molar-refractivity contribution in [2.75, 3.05) is 5.32 Å². The van der Waals surface area contributed by atoms with Crippen molar-refractivity contribution in [3.63, 3.8) is 0 Å². The van der Waals surface area contributed by atoms with Gasteiger partial charge >= 0.3 is 0 Å². The van der Waals surface area contributed by atoms with E-state index >= 15 is 0 Å². The summed E-state index contributed by atoms with van der Waals surface area (Å²) in [5.74, 6) is 0. The molecule has 0 atom stereocenters. The van der Waals surface area contributed by atoms with Crippen molar-refractivity contribution in [2.24, 2.45) is 0 Å². The Kier molecular flexibility index (Phi) is 4.46. The van der Waals surface area contributed by atoms with E-state index in [9.17, 15) is 13.0 Å². The quantitative estimate of drug-likeness (QED) is 0.715. The molecule has 0 fully saturated rings. The van der Waals surface area contributed by atoms with Crippen LogP contribution in [0.1, 0.15) is 0 Å². The van der Waals surface area contributed by atoms with E-state index in [0.29, 0.717) is 10.8 Å². The Morgan fingerprint density at radius 1 is 0.818 bits per heavy atom. The number of rotatable bonds is 3. The molecule has 22 heavy (non-hydrogen) atoms. The molecule has 0 radical (unpaired) electrons. The minimum Gasteiger partial charge on any atom is -0.744 e. The molecule has 0 aliphatic rings. The molecule has 0 unspecified atom stereocenters. The van der Waals surface area contributed by atoms with Gasteiger partial charge in [0.05, 0.1) is 10.6 Å². The van der Waals surface area contributed by atoms with Crippen molar-refractivity contribution in [1.82, 2.24) is 6.15 Å². The molecule has 0 heterocycles.